The lowest BCUT2D eigenvalue weighted by Gasteiger charge is -2.05. The van der Waals surface area contributed by atoms with Crippen LogP contribution in [0.3, 0.4) is 0 Å². The number of ether oxygens (including phenoxy) is 1. The average Bonchev–Trinajstić information content (AvgIpc) is 2.48. The summed E-state index contributed by atoms with van der Waals surface area (Å²) in [5.41, 5.74) is 2.14. The topological polar surface area (TPSA) is 27.1 Å². The van der Waals surface area contributed by atoms with Crippen LogP contribution in [0, 0.1) is 6.92 Å². The van der Waals surface area contributed by atoms with E-state index in [0.29, 0.717) is 0 Å². The second-order valence-electron chi connectivity index (χ2n) is 3.27. The molecule has 0 saturated carbocycles. The first-order valence-corrected chi connectivity index (χ1v) is 5.09. The number of nitrogens with zero attached hydrogens (tertiary/aromatic N) is 2. The second kappa shape index (κ2) is 3.28. The van der Waals surface area contributed by atoms with Crippen LogP contribution in [0.1, 0.15) is 5.56 Å². The smallest absolute Gasteiger partial charge is 0.144 e. The molecule has 3 nitrogen and oxygen atoms in total. The van der Waals surface area contributed by atoms with E-state index in [9.17, 15) is 0 Å². The van der Waals surface area contributed by atoms with E-state index in [1.54, 1.807) is 11.8 Å². The minimum absolute atomic E-state index is 0.846. The standard InChI is InChI=1S/C10H11BrN2O/c1-6-4-8(11)10(14-3)7-5-13(2)12-9(6)7/h4-5H,1-3H3. The summed E-state index contributed by atoms with van der Waals surface area (Å²) in [7, 11) is 3.58. The Bertz CT molecular complexity index is 490. The Morgan fingerprint density at radius 3 is 2.86 bits per heavy atom. The van der Waals surface area contributed by atoms with E-state index in [-0.39, 0.29) is 0 Å². The van der Waals surface area contributed by atoms with Crippen LogP contribution in [-0.4, -0.2) is 16.9 Å². The van der Waals surface area contributed by atoms with Crippen molar-refractivity contribution in [1.82, 2.24) is 9.78 Å². The largest absolute Gasteiger partial charge is 0.495 e. The van der Waals surface area contributed by atoms with Crippen molar-refractivity contribution in [3.05, 3.63) is 22.3 Å². The Balaban J connectivity index is 2.89. The molecule has 0 aliphatic rings. The van der Waals surface area contributed by atoms with Gasteiger partial charge in [-0.3, -0.25) is 4.68 Å². The molecule has 74 valence electrons. The Kier molecular flexibility index (Phi) is 2.23. The Morgan fingerprint density at radius 2 is 2.21 bits per heavy atom. The molecule has 0 spiro atoms. The number of benzene rings is 1. The van der Waals surface area contributed by atoms with Gasteiger partial charge in [0.25, 0.3) is 0 Å². The first-order valence-electron chi connectivity index (χ1n) is 4.30. The number of aryl methyl sites for hydroxylation is 2. The van der Waals surface area contributed by atoms with Crippen LogP contribution in [0.4, 0.5) is 0 Å². The molecule has 2 aromatic rings. The predicted octanol–water partition coefficient (Wildman–Crippen LogP) is 2.65. The zero-order chi connectivity index (χ0) is 10.3. The molecule has 0 unspecified atom stereocenters. The lowest BCUT2D eigenvalue weighted by Crippen LogP contribution is -1.87. The molecule has 0 atom stereocenters. The van der Waals surface area contributed by atoms with E-state index in [1.807, 2.05) is 26.2 Å². The highest BCUT2D eigenvalue weighted by molar-refractivity contribution is 9.10. The van der Waals surface area contributed by atoms with Crippen LogP contribution in [0.15, 0.2) is 16.7 Å². The number of fused-ring (bicyclic) bond motifs is 1. The molecule has 2 rings (SSSR count). The molecular weight excluding hydrogens is 244 g/mol. The number of rotatable bonds is 1. The van der Waals surface area contributed by atoms with Gasteiger partial charge in [-0.2, -0.15) is 5.10 Å². The first kappa shape index (κ1) is 9.52. The lowest BCUT2D eigenvalue weighted by atomic mass is 10.1. The van der Waals surface area contributed by atoms with Crippen LogP contribution >= 0.6 is 15.9 Å². The van der Waals surface area contributed by atoms with Crippen molar-refractivity contribution < 1.29 is 4.74 Å². The summed E-state index contributed by atoms with van der Waals surface area (Å²) in [6.07, 6.45) is 1.96. The van der Waals surface area contributed by atoms with Gasteiger partial charge in [0.05, 0.1) is 22.5 Å². The Morgan fingerprint density at radius 1 is 1.50 bits per heavy atom. The average molecular weight is 255 g/mol. The van der Waals surface area contributed by atoms with Gasteiger partial charge in [0.2, 0.25) is 0 Å². The molecule has 0 radical (unpaired) electrons. The van der Waals surface area contributed by atoms with Crippen molar-refractivity contribution in [2.45, 2.75) is 6.92 Å². The normalized spacial score (nSPS) is 10.9. The molecule has 1 heterocycles. The van der Waals surface area contributed by atoms with E-state index < -0.39 is 0 Å². The summed E-state index contributed by atoms with van der Waals surface area (Å²) in [5.74, 6) is 0.846. The Hall–Kier alpha value is -1.03. The number of hydrogen-bond donors (Lipinski definition) is 0. The molecule has 0 saturated heterocycles. The summed E-state index contributed by atoms with van der Waals surface area (Å²) in [4.78, 5) is 0. The highest BCUT2D eigenvalue weighted by Crippen LogP contribution is 2.34. The maximum atomic E-state index is 5.33. The van der Waals surface area contributed by atoms with Gasteiger partial charge in [0.1, 0.15) is 5.75 Å². The number of methoxy groups -OCH3 is 1. The molecule has 4 heteroatoms. The molecule has 0 N–H and O–H groups in total. The highest BCUT2D eigenvalue weighted by Gasteiger charge is 2.11. The minimum atomic E-state index is 0.846. The van der Waals surface area contributed by atoms with Gasteiger partial charge in [0, 0.05) is 13.2 Å². The fourth-order valence-corrected chi connectivity index (χ4v) is 2.32. The molecule has 0 bridgehead atoms. The van der Waals surface area contributed by atoms with Crippen molar-refractivity contribution in [1.29, 1.82) is 0 Å². The first-order chi connectivity index (χ1) is 6.63. The van der Waals surface area contributed by atoms with Gasteiger partial charge in [0.15, 0.2) is 0 Å². The fourth-order valence-electron chi connectivity index (χ4n) is 1.61. The van der Waals surface area contributed by atoms with Gasteiger partial charge in [-0.1, -0.05) is 0 Å². The summed E-state index contributed by atoms with van der Waals surface area (Å²) >= 11 is 3.48. The summed E-state index contributed by atoms with van der Waals surface area (Å²) in [5, 5.41) is 5.42. The summed E-state index contributed by atoms with van der Waals surface area (Å²) < 4.78 is 8.09. The van der Waals surface area contributed by atoms with Crippen LogP contribution < -0.4 is 4.74 Å². The third-order valence-corrected chi connectivity index (χ3v) is 2.80. The quantitative estimate of drug-likeness (QED) is 0.783. The molecule has 0 fully saturated rings. The highest BCUT2D eigenvalue weighted by atomic mass is 79.9. The van der Waals surface area contributed by atoms with E-state index in [0.717, 1.165) is 26.7 Å². The number of aromatic nitrogens is 2. The van der Waals surface area contributed by atoms with E-state index in [4.69, 9.17) is 4.74 Å². The second-order valence-corrected chi connectivity index (χ2v) is 4.13. The van der Waals surface area contributed by atoms with Gasteiger partial charge in [-0.05, 0) is 34.5 Å². The van der Waals surface area contributed by atoms with Crippen molar-refractivity contribution in [3.8, 4) is 5.75 Å². The van der Waals surface area contributed by atoms with Crippen molar-refractivity contribution >= 4 is 26.8 Å². The van der Waals surface area contributed by atoms with Crippen molar-refractivity contribution in [2.75, 3.05) is 7.11 Å². The molecule has 14 heavy (non-hydrogen) atoms. The monoisotopic (exact) mass is 254 g/mol. The summed E-state index contributed by atoms with van der Waals surface area (Å²) in [6, 6.07) is 2.02. The van der Waals surface area contributed by atoms with Gasteiger partial charge < -0.3 is 4.74 Å². The zero-order valence-corrected chi connectivity index (χ0v) is 9.92. The molecule has 0 amide bonds. The SMILES string of the molecule is COc1c(Br)cc(C)c2nn(C)cc12. The molecule has 1 aromatic carbocycles. The van der Waals surface area contributed by atoms with Crippen LogP contribution in [0.25, 0.3) is 10.9 Å². The predicted molar refractivity (Wildman–Crippen MR) is 59.7 cm³/mol. The Labute approximate surface area is 90.8 Å². The van der Waals surface area contributed by atoms with Gasteiger partial charge in [-0.15, -0.1) is 0 Å². The van der Waals surface area contributed by atoms with E-state index in [1.165, 1.54) is 0 Å². The molecule has 1 aromatic heterocycles. The van der Waals surface area contributed by atoms with Crippen molar-refractivity contribution in [2.24, 2.45) is 7.05 Å². The fraction of sp³-hybridized carbons (Fsp3) is 0.300. The molecule has 0 aliphatic carbocycles. The maximum Gasteiger partial charge on any atom is 0.144 e. The van der Waals surface area contributed by atoms with Gasteiger partial charge >= 0.3 is 0 Å². The third kappa shape index (κ3) is 1.30. The lowest BCUT2D eigenvalue weighted by molar-refractivity contribution is 0.417. The maximum absolute atomic E-state index is 5.33. The third-order valence-electron chi connectivity index (χ3n) is 2.21. The number of halogens is 1. The van der Waals surface area contributed by atoms with E-state index in [2.05, 4.69) is 21.0 Å². The van der Waals surface area contributed by atoms with Crippen molar-refractivity contribution in [3.63, 3.8) is 0 Å². The zero-order valence-electron chi connectivity index (χ0n) is 8.34. The molecular formula is C10H11BrN2O. The van der Waals surface area contributed by atoms with Gasteiger partial charge in [-0.25, -0.2) is 0 Å². The van der Waals surface area contributed by atoms with Crippen LogP contribution in [0.2, 0.25) is 0 Å². The van der Waals surface area contributed by atoms with Crippen LogP contribution in [-0.2, 0) is 7.05 Å². The molecule has 0 aliphatic heterocycles. The minimum Gasteiger partial charge on any atom is -0.495 e. The number of hydrogen-bond acceptors (Lipinski definition) is 2. The summed E-state index contributed by atoms with van der Waals surface area (Å²) in [6.45, 7) is 2.04. The van der Waals surface area contributed by atoms with E-state index >= 15 is 0 Å². The van der Waals surface area contributed by atoms with Crippen LogP contribution in [0.5, 0.6) is 5.75 Å².